The first-order chi connectivity index (χ1) is 22.0. The zero-order valence-electron chi connectivity index (χ0n) is 28.9. The molecule has 0 fully saturated rings. The minimum absolute atomic E-state index is 0.0591. The molecule has 0 saturated heterocycles. The Kier molecular flexibility index (Phi) is 12.5. The van der Waals surface area contributed by atoms with Crippen LogP contribution in [-0.4, -0.2) is 42.1 Å². The molecule has 0 aromatic heterocycles. The van der Waals surface area contributed by atoms with Crippen molar-refractivity contribution in [2.75, 3.05) is 28.8 Å². The van der Waals surface area contributed by atoms with Gasteiger partial charge in [-0.3, -0.25) is 8.61 Å². The normalized spacial score (nSPS) is 11.6. The van der Waals surface area contributed by atoms with E-state index in [1.807, 2.05) is 91.8 Å². The number of sulfonamides is 2. The van der Waals surface area contributed by atoms with E-state index in [-0.39, 0.29) is 27.4 Å². The van der Waals surface area contributed by atoms with Crippen molar-refractivity contribution in [1.29, 1.82) is 0 Å². The summed E-state index contributed by atoms with van der Waals surface area (Å²) in [5, 5.41) is 9.62. The fraction of sp³-hybridized carbons (Fsp3) is 0.351. The lowest BCUT2D eigenvalue weighted by molar-refractivity contribution is 0.413. The van der Waals surface area contributed by atoms with Crippen molar-refractivity contribution in [1.82, 2.24) is 0 Å². The molecule has 0 saturated carbocycles. The van der Waals surface area contributed by atoms with Gasteiger partial charge in [0.1, 0.15) is 11.5 Å². The van der Waals surface area contributed by atoms with Gasteiger partial charge in [-0.25, -0.2) is 16.8 Å². The molecule has 4 rings (SSSR count). The fourth-order valence-corrected chi connectivity index (χ4v) is 8.61. The van der Waals surface area contributed by atoms with E-state index in [1.54, 1.807) is 24.3 Å². The number of methoxy groups -OCH3 is 1. The first-order valence-electron chi connectivity index (χ1n) is 15.6. The van der Waals surface area contributed by atoms with Crippen molar-refractivity contribution in [3.8, 4) is 11.5 Å². The SMILES string of the molecule is COc1cccc(S(=O)(=O)N(CC(C)C)c2ccc(C)cc2C)c1.Cc1ccc(N(CC(C)C)S(=O)(=O)c2cccc(O)c2)c(C)c1. The van der Waals surface area contributed by atoms with Crippen LogP contribution in [0.3, 0.4) is 0 Å². The summed E-state index contributed by atoms with van der Waals surface area (Å²) in [6.07, 6.45) is 0. The minimum atomic E-state index is -3.73. The van der Waals surface area contributed by atoms with E-state index in [0.29, 0.717) is 24.5 Å². The highest BCUT2D eigenvalue weighted by Crippen LogP contribution is 2.31. The molecule has 47 heavy (non-hydrogen) atoms. The number of hydrogen-bond donors (Lipinski definition) is 1. The number of aryl methyl sites for hydroxylation is 4. The van der Waals surface area contributed by atoms with E-state index in [4.69, 9.17) is 4.74 Å². The second kappa shape index (κ2) is 15.7. The molecule has 8 nitrogen and oxygen atoms in total. The smallest absolute Gasteiger partial charge is 0.264 e. The average molecular weight is 681 g/mol. The van der Waals surface area contributed by atoms with Crippen LogP contribution in [0, 0.1) is 39.5 Å². The van der Waals surface area contributed by atoms with E-state index in [2.05, 4.69) is 0 Å². The highest BCUT2D eigenvalue weighted by Gasteiger charge is 2.28. The lowest BCUT2D eigenvalue weighted by atomic mass is 10.1. The minimum Gasteiger partial charge on any atom is -0.508 e. The van der Waals surface area contributed by atoms with Crippen LogP contribution in [0.2, 0.25) is 0 Å². The quantitative estimate of drug-likeness (QED) is 0.172. The molecule has 0 spiro atoms. The third kappa shape index (κ3) is 9.51. The van der Waals surface area contributed by atoms with E-state index < -0.39 is 20.0 Å². The molecule has 10 heteroatoms. The number of nitrogens with zero attached hydrogens (tertiary/aromatic N) is 2. The average Bonchev–Trinajstić information content (AvgIpc) is 2.99. The van der Waals surface area contributed by atoms with Crippen molar-refractivity contribution in [2.24, 2.45) is 11.8 Å². The number of phenols is 1. The number of aromatic hydroxyl groups is 1. The van der Waals surface area contributed by atoms with Gasteiger partial charge in [0.15, 0.2) is 0 Å². The predicted octanol–water partition coefficient (Wildman–Crippen LogP) is 8.02. The zero-order chi connectivity index (χ0) is 35.1. The van der Waals surface area contributed by atoms with Crippen molar-refractivity contribution in [2.45, 2.75) is 65.2 Å². The van der Waals surface area contributed by atoms with Crippen LogP contribution >= 0.6 is 0 Å². The van der Waals surface area contributed by atoms with Crippen LogP contribution < -0.4 is 13.3 Å². The largest absolute Gasteiger partial charge is 0.508 e. The van der Waals surface area contributed by atoms with Crippen molar-refractivity contribution >= 4 is 31.4 Å². The van der Waals surface area contributed by atoms with Crippen molar-refractivity contribution in [3.63, 3.8) is 0 Å². The van der Waals surface area contributed by atoms with Gasteiger partial charge in [0.25, 0.3) is 20.0 Å². The molecule has 0 aliphatic rings. The Morgan fingerprint density at radius 1 is 0.617 bits per heavy atom. The Labute approximate surface area is 281 Å². The molecule has 0 amide bonds. The molecular weight excluding hydrogens is 633 g/mol. The molecule has 254 valence electrons. The van der Waals surface area contributed by atoms with Gasteiger partial charge in [0.2, 0.25) is 0 Å². The monoisotopic (exact) mass is 680 g/mol. The van der Waals surface area contributed by atoms with Crippen LogP contribution in [-0.2, 0) is 20.0 Å². The maximum absolute atomic E-state index is 13.2. The lowest BCUT2D eigenvalue weighted by Crippen LogP contribution is -2.34. The number of ether oxygens (including phenoxy) is 1. The van der Waals surface area contributed by atoms with Gasteiger partial charge in [-0.2, -0.15) is 0 Å². The molecule has 0 heterocycles. The highest BCUT2D eigenvalue weighted by atomic mass is 32.2. The van der Waals surface area contributed by atoms with Crippen molar-refractivity contribution < 1.29 is 26.7 Å². The van der Waals surface area contributed by atoms with Crippen molar-refractivity contribution in [3.05, 3.63) is 107 Å². The lowest BCUT2D eigenvalue weighted by Gasteiger charge is -2.28. The number of phenolic OH excluding ortho intramolecular Hbond substituents is 1. The molecule has 0 bridgehead atoms. The van der Waals surface area contributed by atoms with Crippen LogP contribution in [0.1, 0.15) is 49.9 Å². The molecule has 0 unspecified atom stereocenters. The van der Waals surface area contributed by atoms with Gasteiger partial charge in [0, 0.05) is 25.2 Å². The molecule has 4 aromatic carbocycles. The number of benzene rings is 4. The van der Waals surface area contributed by atoms with Crippen LogP contribution in [0.4, 0.5) is 11.4 Å². The van der Waals surface area contributed by atoms with E-state index in [9.17, 15) is 21.9 Å². The van der Waals surface area contributed by atoms with E-state index >= 15 is 0 Å². The molecule has 1 N–H and O–H groups in total. The van der Waals surface area contributed by atoms with E-state index in [1.165, 1.54) is 40.0 Å². The Balaban J connectivity index is 0.000000256. The number of anilines is 2. The van der Waals surface area contributed by atoms with Gasteiger partial charge in [-0.1, -0.05) is 75.2 Å². The standard InChI is InChI=1S/C19H25NO3S.C18H23NO3S/c1-14(2)13-20(19-10-9-15(3)11-16(19)4)24(21,22)18-8-6-7-17(12-18)23-5;1-13(2)12-19(18-9-8-14(3)10-15(18)4)23(21,22)17-7-5-6-16(20)11-17/h6-12,14H,13H2,1-5H3;5-11,13,20H,12H2,1-4H3. The maximum atomic E-state index is 13.2. The molecule has 0 aliphatic heterocycles. The summed E-state index contributed by atoms with van der Waals surface area (Å²) in [4.78, 5) is 0.334. The number of hydrogen-bond acceptors (Lipinski definition) is 6. The summed E-state index contributed by atoms with van der Waals surface area (Å²) in [7, 11) is -5.87. The molecule has 0 aliphatic carbocycles. The molecular formula is C37H48N2O6S2. The summed E-state index contributed by atoms with van der Waals surface area (Å²) in [5.74, 6) is 0.839. The van der Waals surface area contributed by atoms with Gasteiger partial charge in [-0.05, 0) is 87.1 Å². The highest BCUT2D eigenvalue weighted by molar-refractivity contribution is 7.93. The summed E-state index contributed by atoms with van der Waals surface area (Å²) >= 11 is 0. The third-order valence-corrected chi connectivity index (χ3v) is 10.9. The molecule has 0 atom stereocenters. The third-order valence-electron chi connectivity index (χ3n) is 7.34. The predicted molar refractivity (Wildman–Crippen MR) is 192 cm³/mol. The van der Waals surface area contributed by atoms with Gasteiger partial charge in [0.05, 0.1) is 28.3 Å². The molecule has 4 aromatic rings. The summed E-state index contributed by atoms with van der Waals surface area (Å²) in [5.41, 5.74) is 5.45. The second-order valence-electron chi connectivity index (χ2n) is 12.6. The van der Waals surface area contributed by atoms with Crippen LogP contribution in [0.25, 0.3) is 0 Å². The first kappa shape index (κ1) is 37.4. The van der Waals surface area contributed by atoms with Crippen LogP contribution in [0.15, 0.2) is 94.7 Å². The Morgan fingerprint density at radius 2 is 1.04 bits per heavy atom. The fourth-order valence-electron chi connectivity index (χ4n) is 5.15. The molecule has 0 radical (unpaired) electrons. The summed E-state index contributed by atoms with van der Waals surface area (Å²) < 4.78 is 60.7. The topological polar surface area (TPSA) is 104 Å². The zero-order valence-corrected chi connectivity index (χ0v) is 30.5. The summed E-state index contributed by atoms with van der Waals surface area (Å²) in [6.45, 7) is 16.6. The number of rotatable bonds is 11. The Bertz CT molecular complexity index is 1890. The van der Waals surface area contributed by atoms with Gasteiger partial charge < -0.3 is 9.84 Å². The van der Waals surface area contributed by atoms with Gasteiger partial charge in [-0.15, -0.1) is 0 Å². The maximum Gasteiger partial charge on any atom is 0.264 e. The second-order valence-corrected chi connectivity index (χ2v) is 16.3. The van der Waals surface area contributed by atoms with Gasteiger partial charge >= 0.3 is 0 Å². The first-order valence-corrected chi connectivity index (χ1v) is 18.5. The van der Waals surface area contributed by atoms with Crippen LogP contribution in [0.5, 0.6) is 11.5 Å². The Hall–Kier alpha value is -4.02. The summed E-state index contributed by atoms with van der Waals surface area (Å²) in [6, 6.07) is 23.9. The Morgan fingerprint density at radius 3 is 1.43 bits per heavy atom. The van der Waals surface area contributed by atoms with E-state index in [0.717, 1.165) is 27.9 Å².